The van der Waals surface area contributed by atoms with E-state index in [1.807, 2.05) is 43.1 Å². The first-order valence-corrected chi connectivity index (χ1v) is 10.8. The Morgan fingerprint density at radius 3 is 2.35 bits per heavy atom. The number of anilines is 1. The Morgan fingerprint density at radius 2 is 1.74 bits per heavy atom. The molecule has 2 nitrogen and oxygen atoms in total. The fourth-order valence-corrected chi connectivity index (χ4v) is 4.37. The highest BCUT2D eigenvalue weighted by molar-refractivity contribution is 6.33. The van der Waals surface area contributed by atoms with E-state index < -0.39 is 0 Å². The third kappa shape index (κ3) is 4.26. The van der Waals surface area contributed by atoms with E-state index in [1.165, 1.54) is 18.6 Å². The minimum atomic E-state index is -0.323. The van der Waals surface area contributed by atoms with Crippen LogP contribution in [0.3, 0.4) is 0 Å². The Morgan fingerprint density at radius 1 is 1.00 bits per heavy atom. The van der Waals surface area contributed by atoms with Gasteiger partial charge in [-0.1, -0.05) is 35.3 Å². The molecule has 0 spiro atoms. The first-order valence-electron chi connectivity index (χ1n) is 10.1. The van der Waals surface area contributed by atoms with Crippen molar-refractivity contribution in [3.8, 4) is 11.1 Å². The van der Waals surface area contributed by atoms with Gasteiger partial charge in [-0.2, -0.15) is 0 Å². The average Bonchev–Trinajstić information content (AvgIpc) is 3.55. The minimum Gasteiger partial charge on any atom is -0.344 e. The highest BCUT2D eigenvalue weighted by atomic mass is 35.5. The smallest absolute Gasteiger partial charge is 0.159 e. The molecule has 0 saturated heterocycles. The van der Waals surface area contributed by atoms with Gasteiger partial charge in [0.05, 0.1) is 16.3 Å². The van der Waals surface area contributed by atoms with Crippen LogP contribution in [0.15, 0.2) is 60.2 Å². The van der Waals surface area contributed by atoms with Gasteiger partial charge in [-0.3, -0.25) is 4.79 Å². The van der Waals surface area contributed by atoms with Crippen molar-refractivity contribution in [1.29, 1.82) is 0 Å². The van der Waals surface area contributed by atoms with E-state index in [9.17, 15) is 9.18 Å². The number of Topliss-reactive ketones (excluding diaryl/α,β-unsaturated/α-hetero) is 1. The number of allylic oxidation sites excluding steroid dienone is 1. The van der Waals surface area contributed by atoms with Gasteiger partial charge >= 0.3 is 0 Å². The quantitative estimate of drug-likeness (QED) is 0.365. The molecule has 0 aliphatic heterocycles. The number of hydrogen-bond donors (Lipinski definition) is 0. The standard InChI is InChI=1S/C26H22Cl2FNO/c1-15-13-19(20-14-18(16(2)31)9-11-21(20)27)10-12-24(15)30(3)26(17-7-8-17)25-22(28)5-4-6-23(25)29/h4-6,9-14H,7-8H2,1-3H3. The highest BCUT2D eigenvalue weighted by Gasteiger charge is 2.27. The van der Waals surface area contributed by atoms with Crippen molar-refractivity contribution in [2.24, 2.45) is 0 Å². The summed E-state index contributed by atoms with van der Waals surface area (Å²) >= 11 is 12.8. The predicted octanol–water partition coefficient (Wildman–Crippen LogP) is 7.95. The molecule has 0 amide bonds. The Labute approximate surface area is 191 Å². The third-order valence-electron chi connectivity index (χ3n) is 5.61. The fraction of sp³-hybridized carbons (Fsp3) is 0.192. The number of ketones is 1. The van der Waals surface area contributed by atoms with Crippen LogP contribution in [0.4, 0.5) is 10.1 Å². The summed E-state index contributed by atoms with van der Waals surface area (Å²) in [6.45, 7) is 3.55. The van der Waals surface area contributed by atoms with Crippen molar-refractivity contribution in [2.45, 2.75) is 26.7 Å². The molecule has 4 rings (SSSR count). The zero-order valence-corrected chi connectivity index (χ0v) is 19.1. The molecule has 0 atom stereocenters. The summed E-state index contributed by atoms with van der Waals surface area (Å²) in [7, 11) is 1.94. The summed E-state index contributed by atoms with van der Waals surface area (Å²) in [6.07, 6.45) is 1.88. The normalized spacial score (nSPS) is 12.6. The number of nitrogens with zero attached hydrogens (tertiary/aromatic N) is 1. The number of benzene rings is 3. The van der Waals surface area contributed by atoms with Crippen molar-refractivity contribution >= 4 is 40.4 Å². The lowest BCUT2D eigenvalue weighted by Gasteiger charge is -2.26. The molecule has 1 saturated carbocycles. The van der Waals surface area contributed by atoms with Crippen LogP contribution < -0.4 is 4.90 Å². The Balaban J connectivity index is 1.76. The monoisotopic (exact) mass is 453 g/mol. The van der Waals surface area contributed by atoms with Gasteiger partial charge in [0.15, 0.2) is 5.78 Å². The molecule has 0 unspecified atom stereocenters. The number of aryl methyl sites for hydroxylation is 1. The average molecular weight is 454 g/mol. The van der Waals surface area contributed by atoms with Crippen LogP contribution >= 0.6 is 23.2 Å². The molecule has 0 radical (unpaired) electrons. The Bertz CT molecular complexity index is 1210. The lowest BCUT2D eigenvalue weighted by atomic mass is 9.98. The number of rotatable bonds is 5. The van der Waals surface area contributed by atoms with E-state index in [1.54, 1.807) is 24.3 Å². The molecule has 31 heavy (non-hydrogen) atoms. The summed E-state index contributed by atoms with van der Waals surface area (Å²) in [5, 5.41) is 0.993. The van der Waals surface area contributed by atoms with E-state index in [4.69, 9.17) is 23.2 Å². The molecule has 0 aromatic heterocycles. The second-order valence-corrected chi connectivity index (χ2v) is 8.67. The zero-order chi connectivity index (χ0) is 22.3. The molecule has 158 valence electrons. The molecule has 0 heterocycles. The zero-order valence-electron chi connectivity index (χ0n) is 17.6. The van der Waals surface area contributed by atoms with Crippen LogP contribution in [0.1, 0.15) is 41.3 Å². The number of carbonyl (C=O) groups is 1. The molecule has 5 heteroatoms. The van der Waals surface area contributed by atoms with Gasteiger partial charge in [0, 0.05) is 28.9 Å². The van der Waals surface area contributed by atoms with E-state index in [0.29, 0.717) is 21.2 Å². The lowest BCUT2D eigenvalue weighted by molar-refractivity contribution is 0.101. The molecule has 1 aliphatic carbocycles. The van der Waals surface area contributed by atoms with Crippen molar-refractivity contribution in [1.82, 2.24) is 0 Å². The van der Waals surface area contributed by atoms with Crippen molar-refractivity contribution in [3.63, 3.8) is 0 Å². The predicted molar refractivity (Wildman–Crippen MR) is 128 cm³/mol. The minimum absolute atomic E-state index is 0.00606. The molecule has 1 aliphatic rings. The summed E-state index contributed by atoms with van der Waals surface area (Å²) in [5.74, 6) is -0.329. The van der Waals surface area contributed by atoms with Gasteiger partial charge in [0.25, 0.3) is 0 Å². The third-order valence-corrected chi connectivity index (χ3v) is 6.26. The largest absolute Gasteiger partial charge is 0.344 e. The van der Waals surface area contributed by atoms with E-state index >= 15 is 0 Å². The molecule has 3 aromatic carbocycles. The Kier molecular flexibility index (Phi) is 5.92. The second-order valence-electron chi connectivity index (χ2n) is 7.86. The molecule has 1 fully saturated rings. The van der Waals surface area contributed by atoms with E-state index in [0.717, 1.165) is 40.9 Å². The highest BCUT2D eigenvalue weighted by Crippen LogP contribution is 2.43. The molecular weight excluding hydrogens is 432 g/mol. The summed E-state index contributed by atoms with van der Waals surface area (Å²) in [4.78, 5) is 13.8. The summed E-state index contributed by atoms with van der Waals surface area (Å²) < 4.78 is 14.7. The molecular formula is C26H22Cl2FNO. The van der Waals surface area contributed by atoms with Crippen molar-refractivity contribution in [3.05, 3.63) is 92.7 Å². The van der Waals surface area contributed by atoms with Crippen LogP contribution in [0.5, 0.6) is 0 Å². The maximum Gasteiger partial charge on any atom is 0.159 e. The van der Waals surface area contributed by atoms with Crippen molar-refractivity contribution in [2.75, 3.05) is 11.9 Å². The van der Waals surface area contributed by atoms with Crippen molar-refractivity contribution < 1.29 is 9.18 Å². The van der Waals surface area contributed by atoms with E-state index in [-0.39, 0.29) is 11.6 Å². The molecule has 0 bridgehead atoms. The fourth-order valence-electron chi connectivity index (χ4n) is 3.89. The lowest BCUT2D eigenvalue weighted by Crippen LogP contribution is -2.18. The van der Waals surface area contributed by atoms with Crippen LogP contribution in [0.2, 0.25) is 10.0 Å². The van der Waals surface area contributed by atoms with Crippen LogP contribution in [0, 0.1) is 12.7 Å². The van der Waals surface area contributed by atoms with Gasteiger partial charge in [0.2, 0.25) is 0 Å². The topological polar surface area (TPSA) is 20.3 Å². The molecule has 0 N–H and O–H groups in total. The van der Waals surface area contributed by atoms with Gasteiger partial charge < -0.3 is 4.90 Å². The van der Waals surface area contributed by atoms with Crippen LogP contribution in [-0.2, 0) is 0 Å². The number of carbonyl (C=O) groups excluding carboxylic acids is 1. The number of hydrogen-bond acceptors (Lipinski definition) is 2. The van der Waals surface area contributed by atoms with E-state index in [2.05, 4.69) is 0 Å². The summed E-state index contributed by atoms with van der Waals surface area (Å²) in [5.41, 5.74) is 6.78. The SMILES string of the molecule is CC(=O)c1ccc(Cl)c(-c2ccc(N(C)C(=C3CC3)c3c(F)cccc3Cl)c(C)c2)c1. The van der Waals surface area contributed by atoms with Gasteiger partial charge in [-0.25, -0.2) is 4.39 Å². The van der Waals surface area contributed by atoms with Crippen LogP contribution in [0.25, 0.3) is 16.8 Å². The molecule has 3 aromatic rings. The number of halogens is 3. The second kappa shape index (κ2) is 8.49. The van der Waals surface area contributed by atoms with Gasteiger partial charge in [0.1, 0.15) is 5.82 Å². The maximum atomic E-state index is 14.7. The first kappa shape index (κ1) is 21.6. The summed E-state index contributed by atoms with van der Waals surface area (Å²) in [6, 6.07) is 16.1. The van der Waals surface area contributed by atoms with Gasteiger partial charge in [-0.05, 0) is 85.9 Å². The maximum absolute atomic E-state index is 14.7. The first-order chi connectivity index (χ1) is 14.8. The van der Waals surface area contributed by atoms with Crippen LogP contribution in [-0.4, -0.2) is 12.8 Å². The van der Waals surface area contributed by atoms with Gasteiger partial charge in [-0.15, -0.1) is 0 Å². The Hall–Kier alpha value is -2.62.